The van der Waals surface area contributed by atoms with Crippen LogP contribution in [-0.2, 0) is 4.79 Å². The fourth-order valence-electron chi connectivity index (χ4n) is 6.53. The molecule has 5 heteroatoms. The number of amides is 1. The van der Waals surface area contributed by atoms with Crippen molar-refractivity contribution in [1.82, 2.24) is 5.32 Å². The van der Waals surface area contributed by atoms with Crippen LogP contribution in [0.2, 0.25) is 0 Å². The lowest BCUT2D eigenvalue weighted by Gasteiger charge is -2.21. The highest BCUT2D eigenvalue weighted by Gasteiger charge is 2.20. The first-order chi connectivity index (χ1) is 26.0. The van der Waals surface area contributed by atoms with E-state index < -0.39 is 18.2 Å². The molecule has 0 spiro atoms. The summed E-state index contributed by atoms with van der Waals surface area (Å²) in [7, 11) is 0. The Bertz CT molecular complexity index is 907. The molecule has 308 valence electrons. The van der Waals surface area contributed by atoms with Crippen LogP contribution in [0.1, 0.15) is 213 Å². The second kappa shape index (κ2) is 42.8. The fourth-order valence-corrected chi connectivity index (χ4v) is 6.53. The summed E-state index contributed by atoms with van der Waals surface area (Å²) in [5, 5.41) is 33.1. The van der Waals surface area contributed by atoms with Crippen molar-refractivity contribution in [1.29, 1.82) is 0 Å². The van der Waals surface area contributed by atoms with Crippen LogP contribution < -0.4 is 5.32 Å². The van der Waals surface area contributed by atoms with E-state index in [9.17, 15) is 20.1 Å². The molecule has 53 heavy (non-hydrogen) atoms. The van der Waals surface area contributed by atoms with Gasteiger partial charge in [-0.15, -0.1) is 0 Å². The third-order valence-corrected chi connectivity index (χ3v) is 9.99. The summed E-state index contributed by atoms with van der Waals surface area (Å²) < 4.78 is 0. The summed E-state index contributed by atoms with van der Waals surface area (Å²) in [6, 6.07) is -0.768. The van der Waals surface area contributed by atoms with Crippen molar-refractivity contribution in [2.24, 2.45) is 0 Å². The molecule has 1 amide bonds. The van der Waals surface area contributed by atoms with Gasteiger partial charge in [-0.1, -0.05) is 197 Å². The minimum absolute atomic E-state index is 0.00152. The molecule has 0 aliphatic carbocycles. The van der Waals surface area contributed by atoms with E-state index in [1.807, 2.05) is 6.08 Å². The molecule has 0 radical (unpaired) electrons. The van der Waals surface area contributed by atoms with Crippen molar-refractivity contribution in [2.75, 3.05) is 6.61 Å². The minimum Gasteiger partial charge on any atom is -0.394 e. The monoisotopic (exact) mass is 742 g/mol. The molecule has 4 N–H and O–H groups in total. The number of hydrogen-bond acceptors (Lipinski definition) is 4. The van der Waals surface area contributed by atoms with Gasteiger partial charge in [0.05, 0.1) is 31.3 Å². The average molecular weight is 742 g/mol. The average Bonchev–Trinajstić information content (AvgIpc) is 3.15. The molecule has 3 unspecified atom stereocenters. The SMILES string of the molecule is CCC/C=C/CC/C=C/CC/C=C/C(O)C(CO)NC(=O)CC(O)CCCCCCCCCCCCC/C=C\C/C=C\CCCCCCCCCCC. The van der Waals surface area contributed by atoms with Gasteiger partial charge >= 0.3 is 0 Å². The number of rotatable bonds is 40. The van der Waals surface area contributed by atoms with Crippen molar-refractivity contribution in [3.05, 3.63) is 60.8 Å². The van der Waals surface area contributed by atoms with E-state index >= 15 is 0 Å². The van der Waals surface area contributed by atoms with Gasteiger partial charge in [-0.25, -0.2) is 0 Å². The largest absolute Gasteiger partial charge is 0.394 e. The second-order valence-corrected chi connectivity index (χ2v) is 15.3. The van der Waals surface area contributed by atoms with Crippen LogP contribution in [0, 0.1) is 0 Å². The van der Waals surface area contributed by atoms with Crippen molar-refractivity contribution < 1.29 is 20.1 Å². The normalized spacial score (nSPS) is 14.1. The van der Waals surface area contributed by atoms with Crippen LogP contribution >= 0.6 is 0 Å². The molecule has 3 atom stereocenters. The predicted octanol–water partition coefficient (Wildman–Crippen LogP) is 13.1. The van der Waals surface area contributed by atoms with Gasteiger partial charge in [0.15, 0.2) is 0 Å². The van der Waals surface area contributed by atoms with E-state index in [2.05, 4.69) is 67.8 Å². The molecular weight excluding hydrogens is 655 g/mol. The maximum absolute atomic E-state index is 12.4. The molecule has 0 bridgehead atoms. The Labute approximate surface area is 329 Å². The molecule has 0 saturated heterocycles. The quantitative estimate of drug-likeness (QED) is 0.0372. The summed E-state index contributed by atoms with van der Waals surface area (Å²) in [6.07, 6.45) is 56.7. The second-order valence-electron chi connectivity index (χ2n) is 15.3. The topological polar surface area (TPSA) is 89.8 Å². The number of unbranched alkanes of at least 4 members (excludes halogenated alkanes) is 23. The first-order valence-electron chi connectivity index (χ1n) is 22.6. The van der Waals surface area contributed by atoms with Crippen LogP contribution in [0.3, 0.4) is 0 Å². The maximum atomic E-state index is 12.4. The highest BCUT2D eigenvalue weighted by atomic mass is 16.3. The van der Waals surface area contributed by atoms with Crippen LogP contribution in [0.25, 0.3) is 0 Å². The summed E-state index contributed by atoms with van der Waals surface area (Å²) in [4.78, 5) is 12.4. The Kier molecular flexibility index (Phi) is 41.2. The maximum Gasteiger partial charge on any atom is 0.222 e. The molecule has 0 aliphatic rings. The summed E-state index contributed by atoms with van der Waals surface area (Å²) in [6.45, 7) is 4.11. The van der Waals surface area contributed by atoms with Gasteiger partial charge in [-0.2, -0.15) is 0 Å². The predicted molar refractivity (Wildman–Crippen MR) is 231 cm³/mol. The highest BCUT2D eigenvalue weighted by Crippen LogP contribution is 2.15. The Morgan fingerprint density at radius 1 is 0.491 bits per heavy atom. The number of hydrogen-bond donors (Lipinski definition) is 4. The number of aliphatic hydroxyl groups is 3. The molecule has 0 aromatic rings. The lowest BCUT2D eigenvalue weighted by molar-refractivity contribution is -0.124. The Balaban J connectivity index is 3.62. The first-order valence-corrected chi connectivity index (χ1v) is 22.6. The molecule has 0 aromatic heterocycles. The van der Waals surface area contributed by atoms with E-state index in [-0.39, 0.29) is 18.9 Å². The third-order valence-electron chi connectivity index (χ3n) is 9.99. The summed E-state index contributed by atoms with van der Waals surface area (Å²) in [5.74, 6) is -0.334. The number of carbonyl (C=O) groups excluding carboxylic acids is 1. The zero-order valence-corrected chi connectivity index (χ0v) is 34.9. The van der Waals surface area contributed by atoms with Gasteiger partial charge in [0.2, 0.25) is 5.91 Å². The summed E-state index contributed by atoms with van der Waals surface area (Å²) in [5.41, 5.74) is 0. The number of aliphatic hydroxyl groups excluding tert-OH is 3. The van der Waals surface area contributed by atoms with E-state index in [0.717, 1.165) is 51.4 Å². The van der Waals surface area contributed by atoms with E-state index in [0.29, 0.717) is 6.42 Å². The first kappa shape index (κ1) is 51.0. The lowest BCUT2D eigenvalue weighted by Crippen LogP contribution is -2.45. The van der Waals surface area contributed by atoms with Gasteiger partial charge in [0.25, 0.3) is 0 Å². The highest BCUT2D eigenvalue weighted by molar-refractivity contribution is 5.76. The third kappa shape index (κ3) is 39.6. The standard InChI is InChI=1S/C48H87NO4/c1-3-5-7-9-11-13-15-16-17-18-19-20-21-22-23-24-25-26-27-28-29-30-32-33-35-37-39-41-45(51)43-48(53)49-46(44-50)47(52)42-40-38-36-34-31-14-12-10-8-6-4-2/h8,10,19-20,22-23,31,34,40,42,45-47,50-52H,3-7,9,11-18,21,24-30,32-33,35-39,41,43-44H2,1-2H3,(H,49,53)/b10-8+,20-19-,23-22-,34-31+,42-40+. The number of carbonyl (C=O) groups is 1. The molecule has 0 aromatic carbocycles. The van der Waals surface area contributed by atoms with Crippen molar-refractivity contribution in [3.8, 4) is 0 Å². The van der Waals surface area contributed by atoms with E-state index in [1.54, 1.807) is 6.08 Å². The van der Waals surface area contributed by atoms with E-state index in [1.165, 1.54) is 135 Å². The lowest BCUT2D eigenvalue weighted by atomic mass is 10.0. The smallest absolute Gasteiger partial charge is 0.222 e. The van der Waals surface area contributed by atoms with Crippen LogP contribution in [0.5, 0.6) is 0 Å². The molecule has 0 fully saturated rings. The van der Waals surface area contributed by atoms with Gasteiger partial charge < -0.3 is 20.6 Å². The number of allylic oxidation sites excluding steroid dienone is 9. The summed E-state index contributed by atoms with van der Waals surface area (Å²) >= 11 is 0. The molecular formula is C48H87NO4. The Morgan fingerprint density at radius 3 is 1.38 bits per heavy atom. The molecule has 5 nitrogen and oxygen atoms in total. The van der Waals surface area contributed by atoms with Gasteiger partial charge in [0.1, 0.15) is 0 Å². The molecule has 0 aliphatic heterocycles. The minimum atomic E-state index is -0.960. The molecule has 0 heterocycles. The van der Waals surface area contributed by atoms with Gasteiger partial charge in [-0.05, 0) is 70.6 Å². The molecule has 0 rings (SSSR count). The zero-order valence-electron chi connectivity index (χ0n) is 34.9. The fraction of sp³-hybridized carbons (Fsp3) is 0.771. The zero-order chi connectivity index (χ0) is 38.7. The van der Waals surface area contributed by atoms with Crippen molar-refractivity contribution >= 4 is 5.91 Å². The van der Waals surface area contributed by atoms with Crippen molar-refractivity contribution in [2.45, 2.75) is 231 Å². The number of nitrogens with one attached hydrogen (secondary N) is 1. The molecule has 0 saturated carbocycles. The Hall–Kier alpha value is -1.95. The van der Waals surface area contributed by atoms with Crippen LogP contribution in [0.4, 0.5) is 0 Å². The van der Waals surface area contributed by atoms with Crippen LogP contribution in [0.15, 0.2) is 60.8 Å². The van der Waals surface area contributed by atoms with Gasteiger partial charge in [0, 0.05) is 0 Å². The Morgan fingerprint density at radius 2 is 0.906 bits per heavy atom. The van der Waals surface area contributed by atoms with Crippen molar-refractivity contribution in [3.63, 3.8) is 0 Å². The van der Waals surface area contributed by atoms with E-state index in [4.69, 9.17) is 0 Å². The van der Waals surface area contributed by atoms with Gasteiger partial charge in [-0.3, -0.25) is 4.79 Å². The van der Waals surface area contributed by atoms with Crippen LogP contribution in [-0.4, -0.2) is 46.1 Å².